The summed E-state index contributed by atoms with van der Waals surface area (Å²) in [5, 5.41) is 10.7. The zero-order valence-corrected chi connectivity index (χ0v) is 13.7. The fourth-order valence-corrected chi connectivity index (χ4v) is 2.83. The van der Waals surface area contributed by atoms with Gasteiger partial charge >= 0.3 is 5.97 Å². The number of methoxy groups -OCH3 is 1. The largest absolute Gasteiger partial charge is 0.493 e. The zero-order valence-electron chi connectivity index (χ0n) is 13.7. The predicted molar refractivity (Wildman–Crippen MR) is 91.4 cm³/mol. The molecule has 7 nitrogen and oxygen atoms in total. The van der Waals surface area contributed by atoms with Crippen molar-refractivity contribution in [3.05, 3.63) is 59.3 Å². The molecule has 130 valence electrons. The Labute approximate surface area is 146 Å². The minimum absolute atomic E-state index is 0.231. The van der Waals surface area contributed by atoms with Gasteiger partial charge in [0.15, 0.2) is 0 Å². The van der Waals surface area contributed by atoms with Gasteiger partial charge in [-0.1, -0.05) is 12.1 Å². The van der Waals surface area contributed by atoms with Gasteiger partial charge in [-0.25, -0.2) is 14.2 Å². The number of carbonyl (C=O) groups excluding carboxylic acids is 1. The molecule has 0 amide bonds. The number of H-pyrrole nitrogens is 1. The number of nitrogens with one attached hydrogen (secondary N) is 1. The standard InChI is InChI=1S/C18H13FN4O3/c1-26-18(25)10-7-12-15(20-8-10)14-16(21-12)22-13(23-17(14)24)6-9-3-2-4-11(19)5-9/h2-5,7-8H,6H2,1H3,(H2,21,22,23,24). The van der Waals surface area contributed by atoms with Crippen LogP contribution >= 0.6 is 0 Å². The van der Waals surface area contributed by atoms with E-state index in [1.54, 1.807) is 18.2 Å². The molecule has 0 aliphatic heterocycles. The Bertz CT molecular complexity index is 1160. The quantitative estimate of drug-likeness (QED) is 0.550. The van der Waals surface area contributed by atoms with Crippen LogP contribution in [-0.2, 0) is 11.2 Å². The number of hydrogen-bond acceptors (Lipinski definition) is 6. The van der Waals surface area contributed by atoms with Crippen LogP contribution in [0.15, 0.2) is 36.5 Å². The Morgan fingerprint density at radius 2 is 2.15 bits per heavy atom. The van der Waals surface area contributed by atoms with E-state index in [9.17, 15) is 14.3 Å². The minimum Gasteiger partial charge on any atom is -0.493 e. The van der Waals surface area contributed by atoms with E-state index in [0.717, 1.165) is 0 Å². The normalized spacial score (nSPS) is 11.2. The summed E-state index contributed by atoms with van der Waals surface area (Å²) < 4.78 is 18.0. The number of hydrogen-bond donors (Lipinski definition) is 2. The van der Waals surface area contributed by atoms with Crippen LogP contribution in [-0.4, -0.2) is 38.1 Å². The lowest BCUT2D eigenvalue weighted by molar-refractivity contribution is 0.0600. The SMILES string of the molecule is COC(=O)c1cnc2c(c1)[nH]c1nc(Cc3cccc(F)c3)nc(O)c12. The number of aromatic nitrogens is 4. The number of carbonyl (C=O) groups is 1. The smallest absolute Gasteiger partial charge is 0.339 e. The van der Waals surface area contributed by atoms with Crippen LogP contribution < -0.4 is 0 Å². The van der Waals surface area contributed by atoms with Gasteiger partial charge < -0.3 is 14.8 Å². The third kappa shape index (κ3) is 2.71. The average Bonchev–Trinajstić information content (AvgIpc) is 2.98. The second-order valence-corrected chi connectivity index (χ2v) is 5.73. The Morgan fingerprint density at radius 3 is 2.92 bits per heavy atom. The zero-order chi connectivity index (χ0) is 18.3. The van der Waals surface area contributed by atoms with Crippen molar-refractivity contribution < 1.29 is 19.0 Å². The number of ether oxygens (including phenoxy) is 1. The Kier molecular flexibility index (Phi) is 3.72. The van der Waals surface area contributed by atoms with Gasteiger partial charge in [0, 0.05) is 12.6 Å². The van der Waals surface area contributed by atoms with E-state index >= 15 is 0 Å². The molecule has 3 heterocycles. The second-order valence-electron chi connectivity index (χ2n) is 5.73. The molecule has 2 N–H and O–H groups in total. The number of esters is 1. The lowest BCUT2D eigenvalue weighted by Crippen LogP contribution is -2.01. The van der Waals surface area contributed by atoms with Gasteiger partial charge in [-0.05, 0) is 23.8 Å². The van der Waals surface area contributed by atoms with Crippen LogP contribution in [0.4, 0.5) is 4.39 Å². The van der Waals surface area contributed by atoms with Crippen LogP contribution in [0.2, 0.25) is 0 Å². The molecular weight excluding hydrogens is 339 g/mol. The van der Waals surface area contributed by atoms with E-state index in [-0.39, 0.29) is 23.7 Å². The van der Waals surface area contributed by atoms with E-state index in [0.29, 0.717) is 33.5 Å². The van der Waals surface area contributed by atoms with Crippen molar-refractivity contribution in [3.8, 4) is 5.88 Å². The molecule has 0 aliphatic rings. The van der Waals surface area contributed by atoms with E-state index in [1.165, 1.54) is 25.4 Å². The number of aromatic hydroxyl groups is 1. The molecule has 0 saturated carbocycles. The highest BCUT2D eigenvalue weighted by Gasteiger charge is 2.16. The van der Waals surface area contributed by atoms with Crippen molar-refractivity contribution in [2.45, 2.75) is 6.42 Å². The number of pyridine rings is 1. The molecule has 0 aliphatic carbocycles. The maximum absolute atomic E-state index is 13.3. The Hall–Kier alpha value is -3.55. The molecule has 4 rings (SSSR count). The Balaban J connectivity index is 1.81. The van der Waals surface area contributed by atoms with Crippen LogP contribution in [0, 0.1) is 5.82 Å². The van der Waals surface area contributed by atoms with Crippen molar-refractivity contribution in [1.82, 2.24) is 19.9 Å². The number of rotatable bonds is 3. The highest BCUT2D eigenvalue weighted by molar-refractivity contribution is 6.07. The first kappa shape index (κ1) is 15.9. The average molecular weight is 352 g/mol. The third-order valence-electron chi connectivity index (χ3n) is 3.99. The molecule has 0 atom stereocenters. The lowest BCUT2D eigenvalue weighted by atomic mass is 10.1. The molecule has 0 fully saturated rings. The minimum atomic E-state index is -0.514. The van der Waals surface area contributed by atoms with E-state index in [4.69, 9.17) is 0 Å². The first-order valence-corrected chi connectivity index (χ1v) is 7.75. The summed E-state index contributed by atoms with van der Waals surface area (Å²) in [7, 11) is 1.29. The van der Waals surface area contributed by atoms with Crippen molar-refractivity contribution in [3.63, 3.8) is 0 Å². The van der Waals surface area contributed by atoms with Gasteiger partial charge in [0.25, 0.3) is 0 Å². The molecular formula is C18H13FN4O3. The fourth-order valence-electron chi connectivity index (χ4n) is 2.83. The molecule has 0 spiro atoms. The molecule has 3 aromatic heterocycles. The highest BCUT2D eigenvalue weighted by Crippen LogP contribution is 2.29. The summed E-state index contributed by atoms with van der Waals surface area (Å²) in [4.78, 5) is 27.3. The van der Waals surface area contributed by atoms with E-state index < -0.39 is 5.97 Å². The molecule has 0 radical (unpaired) electrons. The second kappa shape index (κ2) is 6.07. The van der Waals surface area contributed by atoms with Crippen LogP contribution in [0.5, 0.6) is 5.88 Å². The van der Waals surface area contributed by atoms with E-state index in [1.807, 2.05) is 0 Å². The third-order valence-corrected chi connectivity index (χ3v) is 3.99. The van der Waals surface area contributed by atoms with Crippen molar-refractivity contribution in [1.29, 1.82) is 0 Å². The fraction of sp³-hybridized carbons (Fsp3) is 0.111. The summed E-state index contributed by atoms with van der Waals surface area (Å²) >= 11 is 0. The summed E-state index contributed by atoms with van der Waals surface area (Å²) in [5.41, 5.74) is 2.32. The van der Waals surface area contributed by atoms with Crippen molar-refractivity contribution >= 4 is 28.0 Å². The van der Waals surface area contributed by atoms with Gasteiger partial charge in [0.05, 0.1) is 18.2 Å². The predicted octanol–water partition coefficient (Wildman–Crippen LogP) is 2.73. The van der Waals surface area contributed by atoms with Gasteiger partial charge in [0.1, 0.15) is 28.2 Å². The number of benzene rings is 1. The maximum Gasteiger partial charge on any atom is 0.339 e. The number of aromatic amines is 1. The van der Waals surface area contributed by atoms with Crippen LogP contribution in [0.3, 0.4) is 0 Å². The monoisotopic (exact) mass is 352 g/mol. The first-order valence-electron chi connectivity index (χ1n) is 7.75. The molecule has 0 bridgehead atoms. The molecule has 8 heteroatoms. The summed E-state index contributed by atoms with van der Waals surface area (Å²) in [6, 6.07) is 7.67. The molecule has 1 aromatic carbocycles. The van der Waals surface area contributed by atoms with Gasteiger partial charge in [-0.15, -0.1) is 0 Å². The van der Waals surface area contributed by atoms with Gasteiger partial charge in [0.2, 0.25) is 5.88 Å². The highest BCUT2D eigenvalue weighted by atomic mass is 19.1. The topological polar surface area (TPSA) is 101 Å². The molecule has 0 unspecified atom stereocenters. The number of nitrogens with zero attached hydrogens (tertiary/aromatic N) is 3. The van der Waals surface area contributed by atoms with Crippen molar-refractivity contribution in [2.75, 3.05) is 7.11 Å². The lowest BCUT2D eigenvalue weighted by Gasteiger charge is -2.02. The summed E-state index contributed by atoms with van der Waals surface area (Å²) in [6.07, 6.45) is 1.62. The summed E-state index contributed by atoms with van der Waals surface area (Å²) in [5.74, 6) is -0.760. The van der Waals surface area contributed by atoms with Gasteiger partial charge in [-0.2, -0.15) is 4.98 Å². The van der Waals surface area contributed by atoms with Crippen molar-refractivity contribution in [2.24, 2.45) is 0 Å². The Morgan fingerprint density at radius 1 is 1.31 bits per heavy atom. The number of fused-ring (bicyclic) bond motifs is 3. The maximum atomic E-state index is 13.3. The van der Waals surface area contributed by atoms with Crippen LogP contribution in [0.25, 0.3) is 22.1 Å². The molecule has 0 saturated heterocycles. The number of halogens is 1. The molecule has 26 heavy (non-hydrogen) atoms. The summed E-state index contributed by atoms with van der Waals surface area (Å²) in [6.45, 7) is 0. The van der Waals surface area contributed by atoms with E-state index in [2.05, 4.69) is 24.7 Å². The first-order chi connectivity index (χ1) is 12.5. The van der Waals surface area contributed by atoms with Gasteiger partial charge in [-0.3, -0.25) is 4.98 Å². The van der Waals surface area contributed by atoms with Crippen LogP contribution in [0.1, 0.15) is 21.7 Å². The molecule has 4 aromatic rings.